The molecule has 5 heteroatoms. The fraction of sp³-hybridized carbons (Fsp3) is 0.833. The standard InChI is InChI=1S/C6H9F3O2/c1-3-11-5(10)4(7)6(2,8)9/h4H,3H2,1-2H3/t4-/m1/s1. The van der Waals surface area contributed by atoms with Crippen LogP contribution in [0, 0.1) is 0 Å². The molecule has 0 fully saturated rings. The van der Waals surface area contributed by atoms with E-state index in [9.17, 15) is 18.0 Å². The number of ether oxygens (including phenoxy) is 1. The number of carbonyl (C=O) groups excluding carboxylic acids is 1. The summed E-state index contributed by atoms with van der Waals surface area (Å²) in [4.78, 5) is 10.3. The first-order chi connectivity index (χ1) is 4.89. The molecule has 11 heavy (non-hydrogen) atoms. The highest BCUT2D eigenvalue weighted by molar-refractivity contribution is 5.75. The van der Waals surface area contributed by atoms with Crippen molar-refractivity contribution in [3.8, 4) is 0 Å². The van der Waals surface area contributed by atoms with Gasteiger partial charge in [-0.05, 0) is 6.92 Å². The van der Waals surface area contributed by atoms with Crippen LogP contribution in [0.25, 0.3) is 0 Å². The van der Waals surface area contributed by atoms with Crippen molar-refractivity contribution in [2.24, 2.45) is 0 Å². The lowest BCUT2D eigenvalue weighted by Gasteiger charge is -2.13. The topological polar surface area (TPSA) is 26.3 Å². The van der Waals surface area contributed by atoms with Crippen molar-refractivity contribution in [2.75, 3.05) is 6.61 Å². The van der Waals surface area contributed by atoms with E-state index in [-0.39, 0.29) is 6.61 Å². The number of halogens is 3. The summed E-state index contributed by atoms with van der Waals surface area (Å²) in [5, 5.41) is 0. The minimum Gasteiger partial charge on any atom is -0.464 e. The summed E-state index contributed by atoms with van der Waals surface area (Å²) in [7, 11) is 0. The van der Waals surface area contributed by atoms with E-state index < -0.39 is 18.1 Å². The van der Waals surface area contributed by atoms with Crippen LogP contribution in [0.15, 0.2) is 0 Å². The van der Waals surface area contributed by atoms with Gasteiger partial charge >= 0.3 is 5.97 Å². The van der Waals surface area contributed by atoms with Gasteiger partial charge in [0.05, 0.1) is 6.61 Å². The molecule has 0 aromatic carbocycles. The van der Waals surface area contributed by atoms with Crippen LogP contribution in [-0.4, -0.2) is 24.7 Å². The van der Waals surface area contributed by atoms with Gasteiger partial charge in [-0.25, -0.2) is 18.0 Å². The van der Waals surface area contributed by atoms with Crippen LogP contribution in [0.3, 0.4) is 0 Å². The quantitative estimate of drug-likeness (QED) is 0.600. The van der Waals surface area contributed by atoms with Gasteiger partial charge in [0.1, 0.15) is 0 Å². The Hall–Kier alpha value is -0.740. The molecule has 0 amide bonds. The fourth-order valence-corrected chi connectivity index (χ4v) is 0.422. The minimum atomic E-state index is -3.66. The normalized spacial score (nSPS) is 14.3. The summed E-state index contributed by atoms with van der Waals surface area (Å²) < 4.78 is 40.3. The predicted octanol–water partition coefficient (Wildman–Crippen LogP) is 1.54. The van der Waals surface area contributed by atoms with Crippen molar-refractivity contribution in [2.45, 2.75) is 25.9 Å². The number of hydrogen-bond donors (Lipinski definition) is 0. The summed E-state index contributed by atoms with van der Waals surface area (Å²) >= 11 is 0. The molecule has 0 radical (unpaired) electrons. The molecule has 0 rings (SSSR count). The Balaban J connectivity index is 4.03. The van der Waals surface area contributed by atoms with Crippen LogP contribution in [-0.2, 0) is 9.53 Å². The number of hydrogen-bond acceptors (Lipinski definition) is 2. The molecule has 0 unspecified atom stereocenters. The lowest BCUT2D eigenvalue weighted by molar-refractivity contribution is -0.163. The first kappa shape index (κ1) is 10.3. The lowest BCUT2D eigenvalue weighted by atomic mass is 10.2. The van der Waals surface area contributed by atoms with Crippen LogP contribution in [0.2, 0.25) is 0 Å². The van der Waals surface area contributed by atoms with Crippen LogP contribution in [0.1, 0.15) is 13.8 Å². The van der Waals surface area contributed by atoms with Crippen molar-refractivity contribution >= 4 is 5.97 Å². The summed E-state index contributed by atoms with van der Waals surface area (Å²) in [5.41, 5.74) is 0. The molecule has 0 saturated heterocycles. The van der Waals surface area contributed by atoms with Crippen LogP contribution < -0.4 is 0 Å². The zero-order chi connectivity index (χ0) is 9.07. The Bertz CT molecular complexity index is 141. The Morgan fingerprint density at radius 2 is 2.09 bits per heavy atom. The Morgan fingerprint density at radius 1 is 1.64 bits per heavy atom. The molecule has 2 nitrogen and oxygen atoms in total. The average Bonchev–Trinajstić information content (AvgIpc) is 1.85. The lowest BCUT2D eigenvalue weighted by Crippen LogP contribution is -2.35. The highest BCUT2D eigenvalue weighted by Crippen LogP contribution is 2.21. The molecular formula is C6H9F3O2. The van der Waals surface area contributed by atoms with Gasteiger partial charge in [-0.3, -0.25) is 0 Å². The predicted molar refractivity (Wildman–Crippen MR) is 32.1 cm³/mol. The maximum absolute atomic E-state index is 12.3. The first-order valence-electron chi connectivity index (χ1n) is 3.08. The third-order valence-electron chi connectivity index (χ3n) is 0.939. The molecule has 1 atom stereocenters. The number of alkyl halides is 3. The smallest absolute Gasteiger partial charge is 0.347 e. The summed E-state index contributed by atoms with van der Waals surface area (Å²) in [5.74, 6) is -5.17. The average molecular weight is 170 g/mol. The third kappa shape index (κ3) is 3.25. The SMILES string of the molecule is CCOC(=O)[C@@H](F)C(C)(F)F. The van der Waals surface area contributed by atoms with Gasteiger partial charge in [0.15, 0.2) is 0 Å². The Labute approximate surface area is 62.3 Å². The van der Waals surface area contributed by atoms with E-state index >= 15 is 0 Å². The molecule has 0 aliphatic heterocycles. The summed E-state index contributed by atoms with van der Waals surface area (Å²) in [6, 6.07) is 0. The molecule has 0 aliphatic carbocycles. The van der Waals surface area contributed by atoms with Crippen molar-refractivity contribution in [1.29, 1.82) is 0 Å². The van der Waals surface area contributed by atoms with E-state index in [0.717, 1.165) is 0 Å². The summed E-state index contributed by atoms with van der Waals surface area (Å²) in [6.45, 7) is 1.64. The van der Waals surface area contributed by atoms with Gasteiger partial charge < -0.3 is 4.74 Å². The Kier molecular flexibility index (Phi) is 3.35. The molecule has 0 aromatic rings. The van der Waals surface area contributed by atoms with Gasteiger partial charge in [0.2, 0.25) is 0 Å². The van der Waals surface area contributed by atoms with E-state index in [1.54, 1.807) is 0 Å². The third-order valence-corrected chi connectivity index (χ3v) is 0.939. The first-order valence-corrected chi connectivity index (χ1v) is 3.08. The maximum atomic E-state index is 12.3. The number of rotatable bonds is 3. The van der Waals surface area contributed by atoms with Crippen LogP contribution in [0.4, 0.5) is 13.2 Å². The van der Waals surface area contributed by atoms with Crippen molar-refractivity contribution < 1.29 is 22.7 Å². The second-order valence-electron chi connectivity index (χ2n) is 2.07. The van der Waals surface area contributed by atoms with E-state index in [0.29, 0.717) is 6.92 Å². The number of carbonyl (C=O) groups is 1. The summed E-state index contributed by atoms with van der Waals surface area (Å²) in [6.07, 6.45) is -2.86. The molecule has 0 saturated carbocycles. The highest BCUT2D eigenvalue weighted by Gasteiger charge is 2.41. The maximum Gasteiger partial charge on any atom is 0.347 e. The van der Waals surface area contributed by atoms with Crippen LogP contribution in [0.5, 0.6) is 0 Å². The molecule has 0 aromatic heterocycles. The molecule has 0 aliphatic rings. The van der Waals surface area contributed by atoms with Gasteiger partial charge in [-0.15, -0.1) is 0 Å². The molecular weight excluding hydrogens is 161 g/mol. The zero-order valence-electron chi connectivity index (χ0n) is 6.23. The van der Waals surface area contributed by atoms with E-state index in [1.165, 1.54) is 6.92 Å². The van der Waals surface area contributed by atoms with E-state index in [4.69, 9.17) is 0 Å². The molecule has 0 heterocycles. The van der Waals surface area contributed by atoms with Crippen molar-refractivity contribution in [3.05, 3.63) is 0 Å². The van der Waals surface area contributed by atoms with Gasteiger partial charge in [0.25, 0.3) is 12.1 Å². The largest absolute Gasteiger partial charge is 0.464 e. The van der Waals surface area contributed by atoms with E-state index in [2.05, 4.69) is 4.74 Å². The van der Waals surface area contributed by atoms with Gasteiger partial charge in [-0.2, -0.15) is 0 Å². The van der Waals surface area contributed by atoms with Crippen molar-refractivity contribution in [1.82, 2.24) is 0 Å². The molecule has 0 N–H and O–H groups in total. The van der Waals surface area contributed by atoms with Crippen LogP contribution >= 0.6 is 0 Å². The number of esters is 1. The van der Waals surface area contributed by atoms with E-state index in [1.807, 2.05) is 0 Å². The van der Waals surface area contributed by atoms with Crippen molar-refractivity contribution in [3.63, 3.8) is 0 Å². The highest BCUT2D eigenvalue weighted by atomic mass is 19.3. The van der Waals surface area contributed by atoms with Gasteiger partial charge in [-0.1, -0.05) is 0 Å². The monoisotopic (exact) mass is 170 g/mol. The van der Waals surface area contributed by atoms with Gasteiger partial charge in [0, 0.05) is 6.92 Å². The minimum absolute atomic E-state index is 0.102. The molecule has 0 spiro atoms. The Morgan fingerprint density at radius 3 is 2.36 bits per heavy atom. The second-order valence-corrected chi connectivity index (χ2v) is 2.07. The second kappa shape index (κ2) is 3.59. The fourth-order valence-electron chi connectivity index (χ4n) is 0.422. The molecule has 66 valence electrons. The molecule has 0 bridgehead atoms. The zero-order valence-corrected chi connectivity index (χ0v) is 6.23.